The SMILES string of the molecule is C=CCN1C(=O)/C(=C/c2cc([N+](=O)[O-])ccc2O)SC1=Nc1ccc(O)cc1C(=O)O. The lowest BCUT2D eigenvalue weighted by atomic mass is 10.1. The number of non-ortho nitro benzene ring substituents is 1. The number of carbonyl (C=O) groups excluding carboxylic acids is 1. The third-order valence-corrected chi connectivity index (χ3v) is 5.14. The van der Waals surface area contributed by atoms with Crippen LogP contribution in [0.3, 0.4) is 0 Å². The first kappa shape index (κ1) is 21.6. The number of carbonyl (C=O) groups is 2. The van der Waals surface area contributed by atoms with E-state index in [1.54, 1.807) is 0 Å². The fourth-order valence-electron chi connectivity index (χ4n) is 2.69. The van der Waals surface area contributed by atoms with Gasteiger partial charge in [-0.1, -0.05) is 6.08 Å². The van der Waals surface area contributed by atoms with E-state index < -0.39 is 16.8 Å². The molecule has 1 heterocycles. The van der Waals surface area contributed by atoms with Crippen LogP contribution < -0.4 is 0 Å². The Kier molecular flexibility index (Phi) is 6.07. The van der Waals surface area contributed by atoms with E-state index in [1.165, 1.54) is 29.2 Å². The van der Waals surface area contributed by atoms with E-state index in [1.807, 2.05) is 0 Å². The van der Waals surface area contributed by atoms with Gasteiger partial charge in [-0.05, 0) is 42.1 Å². The van der Waals surface area contributed by atoms with Crippen molar-refractivity contribution in [2.45, 2.75) is 0 Å². The van der Waals surface area contributed by atoms with Gasteiger partial charge < -0.3 is 15.3 Å². The van der Waals surface area contributed by atoms with Gasteiger partial charge in [0.05, 0.1) is 21.1 Å². The zero-order valence-corrected chi connectivity index (χ0v) is 16.6. The first-order valence-electron chi connectivity index (χ1n) is 8.66. The molecule has 0 bridgehead atoms. The molecule has 158 valence electrons. The number of nitro groups is 1. The number of carboxylic acids is 1. The first-order valence-corrected chi connectivity index (χ1v) is 9.47. The quantitative estimate of drug-likeness (QED) is 0.266. The monoisotopic (exact) mass is 441 g/mol. The van der Waals surface area contributed by atoms with Gasteiger partial charge in [-0.3, -0.25) is 19.8 Å². The second kappa shape index (κ2) is 8.71. The van der Waals surface area contributed by atoms with Crippen LogP contribution in [0.5, 0.6) is 11.5 Å². The van der Waals surface area contributed by atoms with Gasteiger partial charge in [0.25, 0.3) is 11.6 Å². The van der Waals surface area contributed by atoms with Gasteiger partial charge in [-0.15, -0.1) is 6.58 Å². The summed E-state index contributed by atoms with van der Waals surface area (Å²) in [6, 6.07) is 7.03. The van der Waals surface area contributed by atoms with Crippen LogP contribution in [0.4, 0.5) is 11.4 Å². The molecule has 0 aromatic heterocycles. The van der Waals surface area contributed by atoms with Gasteiger partial charge in [0.2, 0.25) is 0 Å². The van der Waals surface area contributed by atoms with Crippen LogP contribution in [0, 0.1) is 10.1 Å². The number of aromatic hydroxyl groups is 2. The number of nitro benzene ring substituents is 1. The Balaban J connectivity index is 2.06. The van der Waals surface area contributed by atoms with Crippen molar-refractivity contribution in [1.82, 2.24) is 4.90 Å². The van der Waals surface area contributed by atoms with E-state index in [0.717, 1.165) is 36.0 Å². The molecular formula is C20H15N3O7S. The fraction of sp³-hybridized carbons (Fsp3) is 0.0500. The van der Waals surface area contributed by atoms with Crippen molar-refractivity contribution in [2.24, 2.45) is 4.99 Å². The Bertz CT molecular complexity index is 1170. The molecule has 3 N–H and O–H groups in total. The molecule has 1 saturated heterocycles. The van der Waals surface area contributed by atoms with Crippen LogP contribution in [0.15, 0.2) is 59.0 Å². The lowest BCUT2D eigenvalue weighted by Gasteiger charge is -2.13. The maximum absolute atomic E-state index is 12.8. The summed E-state index contributed by atoms with van der Waals surface area (Å²) < 4.78 is 0. The number of carboxylic acid groups (broad SMARTS) is 1. The molecular weight excluding hydrogens is 426 g/mol. The lowest BCUT2D eigenvalue weighted by Crippen LogP contribution is -2.29. The number of benzene rings is 2. The minimum Gasteiger partial charge on any atom is -0.508 e. The molecule has 1 amide bonds. The minimum absolute atomic E-state index is 0.0223. The fourth-order valence-corrected chi connectivity index (χ4v) is 3.68. The van der Waals surface area contributed by atoms with E-state index >= 15 is 0 Å². The Morgan fingerprint density at radius 3 is 2.65 bits per heavy atom. The van der Waals surface area contributed by atoms with E-state index in [2.05, 4.69) is 11.6 Å². The molecule has 2 aromatic carbocycles. The molecule has 1 aliphatic rings. The lowest BCUT2D eigenvalue weighted by molar-refractivity contribution is -0.384. The predicted molar refractivity (Wildman–Crippen MR) is 114 cm³/mol. The largest absolute Gasteiger partial charge is 0.508 e. The molecule has 0 saturated carbocycles. The van der Waals surface area contributed by atoms with E-state index in [-0.39, 0.29) is 50.6 Å². The smallest absolute Gasteiger partial charge is 0.338 e. The standard InChI is InChI=1S/C20H15N3O7S/c1-2-7-22-18(26)17(9-11-8-12(23(29)30)3-6-16(11)25)31-20(22)21-15-5-4-13(24)10-14(15)19(27)28/h2-6,8-10,24-25H,1,7H2,(H,27,28)/b17-9-,21-20?. The summed E-state index contributed by atoms with van der Waals surface area (Å²) in [5.74, 6) is -2.30. The number of aliphatic imine (C=N–C) groups is 1. The number of thioether (sulfide) groups is 1. The van der Waals surface area contributed by atoms with Crippen molar-refractivity contribution < 1.29 is 29.8 Å². The molecule has 31 heavy (non-hydrogen) atoms. The van der Waals surface area contributed by atoms with Gasteiger partial charge in [-0.2, -0.15) is 0 Å². The van der Waals surface area contributed by atoms with Gasteiger partial charge in [0, 0.05) is 24.2 Å². The van der Waals surface area contributed by atoms with E-state index in [0.29, 0.717) is 0 Å². The van der Waals surface area contributed by atoms with Gasteiger partial charge >= 0.3 is 5.97 Å². The summed E-state index contributed by atoms with van der Waals surface area (Å²) in [4.78, 5) is 40.3. The summed E-state index contributed by atoms with van der Waals surface area (Å²) in [5, 5.41) is 40.1. The summed E-state index contributed by atoms with van der Waals surface area (Å²) >= 11 is 0.907. The first-order chi connectivity index (χ1) is 14.7. The minimum atomic E-state index is -1.31. The summed E-state index contributed by atoms with van der Waals surface area (Å²) in [6.45, 7) is 3.66. The van der Waals surface area contributed by atoms with Crippen LogP contribution in [-0.4, -0.2) is 48.7 Å². The zero-order valence-electron chi connectivity index (χ0n) is 15.8. The number of hydrogen-bond acceptors (Lipinski definition) is 8. The molecule has 0 radical (unpaired) electrons. The Hall–Kier alpha value is -4.12. The maximum Gasteiger partial charge on any atom is 0.338 e. The normalized spacial score (nSPS) is 16.1. The van der Waals surface area contributed by atoms with Crippen molar-refractivity contribution in [1.29, 1.82) is 0 Å². The topological polar surface area (TPSA) is 154 Å². The molecule has 1 aliphatic heterocycles. The number of phenols is 2. The van der Waals surface area contributed by atoms with Crippen molar-refractivity contribution in [3.63, 3.8) is 0 Å². The average Bonchev–Trinajstić information content (AvgIpc) is 2.99. The number of rotatable bonds is 6. The predicted octanol–water partition coefficient (Wildman–Crippen LogP) is 3.49. The molecule has 0 aliphatic carbocycles. The van der Waals surface area contributed by atoms with Crippen molar-refractivity contribution in [2.75, 3.05) is 6.54 Å². The highest BCUT2D eigenvalue weighted by Gasteiger charge is 2.33. The molecule has 10 nitrogen and oxygen atoms in total. The Morgan fingerprint density at radius 2 is 2.00 bits per heavy atom. The maximum atomic E-state index is 12.8. The third kappa shape index (κ3) is 4.56. The summed E-state index contributed by atoms with van der Waals surface area (Å²) in [7, 11) is 0. The Morgan fingerprint density at radius 1 is 1.26 bits per heavy atom. The number of aromatic carboxylic acids is 1. The van der Waals surface area contributed by atoms with Gasteiger partial charge in [-0.25, -0.2) is 9.79 Å². The zero-order chi connectivity index (χ0) is 22.7. The van der Waals surface area contributed by atoms with Gasteiger partial charge in [0.1, 0.15) is 11.5 Å². The summed E-state index contributed by atoms with van der Waals surface area (Å²) in [6.07, 6.45) is 2.75. The van der Waals surface area contributed by atoms with E-state index in [4.69, 9.17) is 0 Å². The van der Waals surface area contributed by atoms with Gasteiger partial charge in [0.15, 0.2) is 5.17 Å². The molecule has 0 unspecified atom stereocenters. The molecule has 2 aromatic rings. The second-order valence-corrected chi connectivity index (χ2v) is 7.23. The van der Waals surface area contributed by atoms with E-state index in [9.17, 15) is 35.0 Å². The highest BCUT2D eigenvalue weighted by molar-refractivity contribution is 8.18. The van der Waals surface area contributed by atoms with Crippen LogP contribution in [0.2, 0.25) is 0 Å². The average molecular weight is 441 g/mol. The summed E-state index contributed by atoms with van der Waals surface area (Å²) in [5.41, 5.74) is -0.421. The van der Waals surface area contributed by atoms with Crippen LogP contribution >= 0.6 is 11.8 Å². The van der Waals surface area contributed by atoms with Crippen LogP contribution in [0.25, 0.3) is 6.08 Å². The van der Waals surface area contributed by atoms with Crippen LogP contribution in [-0.2, 0) is 4.79 Å². The number of nitrogens with zero attached hydrogens (tertiary/aromatic N) is 3. The number of hydrogen-bond donors (Lipinski definition) is 3. The number of amides is 1. The molecule has 0 atom stereocenters. The third-order valence-electron chi connectivity index (χ3n) is 4.13. The highest BCUT2D eigenvalue weighted by atomic mass is 32.2. The van der Waals surface area contributed by atoms with Crippen molar-refractivity contribution in [3.05, 3.63) is 75.2 Å². The molecule has 11 heteroatoms. The van der Waals surface area contributed by atoms with Crippen molar-refractivity contribution >= 4 is 46.3 Å². The molecule has 1 fully saturated rings. The molecule has 0 spiro atoms. The Labute approximate surface area is 179 Å². The molecule has 3 rings (SSSR count). The number of amidine groups is 1. The highest BCUT2D eigenvalue weighted by Crippen LogP contribution is 2.37. The van der Waals surface area contributed by atoms with Crippen molar-refractivity contribution in [3.8, 4) is 11.5 Å². The number of phenolic OH excluding ortho intramolecular Hbond substituents is 2. The van der Waals surface area contributed by atoms with Crippen LogP contribution in [0.1, 0.15) is 15.9 Å². The second-order valence-electron chi connectivity index (χ2n) is 6.22.